The van der Waals surface area contributed by atoms with Gasteiger partial charge in [-0.1, -0.05) is 31.9 Å². The number of ketones is 1. The van der Waals surface area contributed by atoms with Crippen LogP contribution in [-0.4, -0.2) is 56.2 Å². The lowest BCUT2D eigenvalue weighted by Crippen LogP contribution is -2.37. The second-order valence-corrected chi connectivity index (χ2v) is 10.1. The SMILES string of the molecule is O=C(CCN1C(=O)[C@@H]2[C@H]3C[C@H]([C@H](Br)[C@@H]3Br)[C@@H]2C1=O)OCC(=O)c1ccc([N+](=O)[O-])cc1. The number of nitro groups is 1. The number of ether oxygens (including phenoxy) is 1. The van der Waals surface area contributed by atoms with Crippen LogP contribution in [0.3, 0.4) is 0 Å². The molecule has 164 valence electrons. The lowest BCUT2D eigenvalue weighted by Gasteiger charge is -2.28. The van der Waals surface area contributed by atoms with Crippen molar-refractivity contribution in [1.82, 2.24) is 4.90 Å². The number of Topliss-reactive ketones (excluding diaryl/α,β-unsaturated/α-hetero) is 1. The molecule has 9 nitrogen and oxygen atoms in total. The second-order valence-electron chi connectivity index (χ2n) is 7.97. The highest BCUT2D eigenvalue weighted by Gasteiger charge is 2.66. The minimum Gasteiger partial charge on any atom is -0.457 e. The van der Waals surface area contributed by atoms with E-state index in [1.165, 1.54) is 24.3 Å². The van der Waals surface area contributed by atoms with Crippen molar-refractivity contribution in [3.05, 3.63) is 39.9 Å². The molecule has 1 aromatic rings. The Labute approximate surface area is 193 Å². The van der Waals surface area contributed by atoms with Gasteiger partial charge in [-0.15, -0.1) is 0 Å². The summed E-state index contributed by atoms with van der Waals surface area (Å²) < 4.78 is 4.96. The lowest BCUT2D eigenvalue weighted by molar-refractivity contribution is -0.384. The predicted octanol–water partition coefficient (Wildman–Crippen LogP) is 2.49. The molecule has 2 bridgehead atoms. The summed E-state index contributed by atoms with van der Waals surface area (Å²) in [5.74, 6) is -2.14. The zero-order valence-corrected chi connectivity index (χ0v) is 19.3. The van der Waals surface area contributed by atoms with Gasteiger partial charge in [0.05, 0.1) is 23.2 Å². The highest BCUT2D eigenvalue weighted by Crippen LogP contribution is 2.60. The number of hydrogen-bond donors (Lipinski definition) is 0. The standard InChI is InChI=1S/C20H18Br2N2O7/c21-17-11-7-12(18(17)22)16-15(11)19(27)23(20(16)28)6-5-14(26)31-8-13(25)9-1-3-10(4-2-9)24(29)30/h1-4,11-12,15-18H,5-8H2/t11-,12+,15-,16+,17-,18+. The van der Waals surface area contributed by atoms with Gasteiger partial charge >= 0.3 is 5.97 Å². The van der Waals surface area contributed by atoms with Crippen LogP contribution in [0.15, 0.2) is 24.3 Å². The van der Waals surface area contributed by atoms with Gasteiger partial charge in [0.15, 0.2) is 12.4 Å². The largest absolute Gasteiger partial charge is 0.457 e. The van der Waals surface area contributed by atoms with Crippen molar-refractivity contribution < 1.29 is 28.8 Å². The molecule has 4 rings (SSSR count). The number of benzene rings is 1. The van der Waals surface area contributed by atoms with Gasteiger partial charge in [0, 0.05) is 33.9 Å². The van der Waals surface area contributed by atoms with Crippen molar-refractivity contribution in [2.75, 3.05) is 13.2 Å². The fourth-order valence-corrected chi connectivity index (χ4v) is 6.78. The Morgan fingerprint density at radius 3 is 2.13 bits per heavy atom. The van der Waals surface area contributed by atoms with Crippen LogP contribution in [0.5, 0.6) is 0 Å². The van der Waals surface area contributed by atoms with Gasteiger partial charge in [0.2, 0.25) is 11.8 Å². The van der Waals surface area contributed by atoms with Crippen molar-refractivity contribution in [2.24, 2.45) is 23.7 Å². The molecule has 2 amide bonds. The molecular formula is C20H18Br2N2O7. The number of alkyl halides is 2. The number of carbonyl (C=O) groups is 4. The Bertz CT molecular complexity index is 935. The second kappa shape index (κ2) is 8.42. The first-order valence-electron chi connectivity index (χ1n) is 9.77. The van der Waals surface area contributed by atoms with Crippen molar-refractivity contribution in [3.8, 4) is 0 Å². The van der Waals surface area contributed by atoms with Crippen LogP contribution in [0, 0.1) is 33.8 Å². The maximum Gasteiger partial charge on any atom is 0.308 e. The van der Waals surface area contributed by atoms with E-state index in [0.717, 1.165) is 11.3 Å². The van der Waals surface area contributed by atoms with Crippen LogP contribution in [0.4, 0.5) is 5.69 Å². The van der Waals surface area contributed by atoms with Gasteiger partial charge in [-0.2, -0.15) is 0 Å². The summed E-state index contributed by atoms with van der Waals surface area (Å²) in [5.41, 5.74) is 0.0319. The Morgan fingerprint density at radius 2 is 1.61 bits per heavy atom. The Balaban J connectivity index is 1.28. The van der Waals surface area contributed by atoms with Crippen LogP contribution in [0.2, 0.25) is 0 Å². The van der Waals surface area contributed by atoms with Crippen LogP contribution in [0.1, 0.15) is 23.2 Å². The van der Waals surface area contributed by atoms with E-state index >= 15 is 0 Å². The number of amides is 2. The average molecular weight is 558 g/mol. The number of halogens is 2. The Hall–Kier alpha value is -2.14. The summed E-state index contributed by atoms with van der Waals surface area (Å²) >= 11 is 7.25. The molecule has 2 saturated carbocycles. The molecule has 3 aliphatic rings. The average Bonchev–Trinajstić information content (AvgIpc) is 3.35. The van der Waals surface area contributed by atoms with Crippen molar-refractivity contribution >= 4 is 61.1 Å². The van der Waals surface area contributed by atoms with Gasteiger partial charge in [-0.3, -0.25) is 34.2 Å². The summed E-state index contributed by atoms with van der Waals surface area (Å²) in [6.45, 7) is -0.598. The van der Waals surface area contributed by atoms with Crippen LogP contribution in [0.25, 0.3) is 0 Å². The highest BCUT2D eigenvalue weighted by molar-refractivity contribution is 9.12. The molecule has 11 heteroatoms. The fourth-order valence-electron chi connectivity index (χ4n) is 4.90. The fraction of sp³-hybridized carbons (Fsp3) is 0.500. The smallest absolute Gasteiger partial charge is 0.308 e. The van der Waals surface area contributed by atoms with Gasteiger partial charge < -0.3 is 4.74 Å². The van der Waals surface area contributed by atoms with E-state index in [4.69, 9.17) is 4.74 Å². The van der Waals surface area contributed by atoms with Crippen LogP contribution >= 0.6 is 31.9 Å². The molecule has 1 aliphatic heterocycles. The number of imide groups is 1. The molecule has 0 unspecified atom stereocenters. The number of non-ortho nitro benzene ring substituents is 1. The van der Waals surface area contributed by atoms with Crippen LogP contribution < -0.4 is 0 Å². The molecule has 0 aromatic heterocycles. The van der Waals surface area contributed by atoms with Crippen molar-refractivity contribution in [1.29, 1.82) is 0 Å². The highest BCUT2D eigenvalue weighted by atomic mass is 79.9. The maximum atomic E-state index is 12.8. The summed E-state index contributed by atoms with van der Waals surface area (Å²) in [4.78, 5) is 61.3. The first kappa shape index (κ1) is 22.1. The molecule has 2 aliphatic carbocycles. The molecule has 0 radical (unpaired) electrons. The van der Waals surface area contributed by atoms with Gasteiger partial charge in [-0.25, -0.2) is 0 Å². The Kier molecular flexibility index (Phi) is 5.99. The summed E-state index contributed by atoms with van der Waals surface area (Å²) in [5, 5.41) is 10.7. The molecule has 1 aromatic carbocycles. The molecule has 31 heavy (non-hydrogen) atoms. The van der Waals surface area contributed by atoms with E-state index in [2.05, 4.69) is 31.9 Å². The van der Waals surface area contributed by atoms with Gasteiger partial charge in [0.1, 0.15) is 0 Å². The topological polar surface area (TPSA) is 124 Å². The number of fused-ring (bicyclic) bond motifs is 5. The summed E-state index contributed by atoms with van der Waals surface area (Å²) in [6, 6.07) is 4.96. The Morgan fingerprint density at radius 1 is 1.06 bits per heavy atom. The van der Waals surface area contributed by atoms with Gasteiger partial charge in [-0.05, 0) is 30.4 Å². The van der Waals surface area contributed by atoms with E-state index in [0.29, 0.717) is 0 Å². The minimum atomic E-state index is -0.701. The van der Waals surface area contributed by atoms with Gasteiger partial charge in [0.25, 0.3) is 5.69 Å². The molecule has 1 saturated heterocycles. The molecule has 1 heterocycles. The molecule has 0 N–H and O–H groups in total. The number of nitrogens with zero attached hydrogens (tertiary/aromatic N) is 2. The molecular weight excluding hydrogens is 540 g/mol. The monoisotopic (exact) mass is 556 g/mol. The number of rotatable bonds is 7. The van der Waals surface area contributed by atoms with E-state index in [1.54, 1.807) is 0 Å². The third-order valence-electron chi connectivity index (χ3n) is 6.38. The van der Waals surface area contributed by atoms with E-state index in [1.807, 2.05) is 0 Å². The first-order valence-corrected chi connectivity index (χ1v) is 11.6. The van der Waals surface area contributed by atoms with E-state index in [9.17, 15) is 29.3 Å². The van der Waals surface area contributed by atoms with Crippen molar-refractivity contribution in [2.45, 2.75) is 22.5 Å². The third-order valence-corrected chi connectivity index (χ3v) is 9.59. The molecule has 3 fully saturated rings. The summed E-state index contributed by atoms with van der Waals surface area (Å²) in [6.07, 6.45) is 0.633. The minimum absolute atomic E-state index is 0.0748. The zero-order chi connectivity index (χ0) is 22.4. The number of esters is 1. The molecule has 0 spiro atoms. The molecule has 6 atom stereocenters. The van der Waals surface area contributed by atoms with E-state index in [-0.39, 0.29) is 69.4 Å². The number of carbonyl (C=O) groups excluding carboxylic acids is 4. The number of likely N-dealkylation sites (tertiary alicyclic amines) is 1. The number of nitro benzene ring substituents is 1. The van der Waals surface area contributed by atoms with Crippen molar-refractivity contribution in [3.63, 3.8) is 0 Å². The summed E-state index contributed by atoms with van der Waals surface area (Å²) in [7, 11) is 0. The van der Waals surface area contributed by atoms with E-state index < -0.39 is 23.3 Å². The van der Waals surface area contributed by atoms with Crippen LogP contribution in [-0.2, 0) is 19.1 Å². The first-order chi connectivity index (χ1) is 14.7. The predicted molar refractivity (Wildman–Crippen MR) is 114 cm³/mol. The maximum absolute atomic E-state index is 12.8. The lowest BCUT2D eigenvalue weighted by atomic mass is 9.81. The zero-order valence-electron chi connectivity index (χ0n) is 16.1. The normalized spacial score (nSPS) is 31.1. The number of hydrogen-bond acceptors (Lipinski definition) is 7. The quantitative estimate of drug-likeness (QED) is 0.126. The third kappa shape index (κ3) is 3.82.